The van der Waals surface area contributed by atoms with E-state index < -0.39 is 0 Å². The number of amidine groups is 1. The van der Waals surface area contributed by atoms with E-state index in [0.29, 0.717) is 37.8 Å². The molecule has 31 heavy (non-hydrogen) atoms. The van der Waals surface area contributed by atoms with Crippen molar-refractivity contribution in [2.75, 3.05) is 12.4 Å². The van der Waals surface area contributed by atoms with Crippen molar-refractivity contribution >= 4 is 64.0 Å². The summed E-state index contributed by atoms with van der Waals surface area (Å²) in [6.45, 7) is 0. The number of anilines is 1. The molecule has 0 aliphatic heterocycles. The number of carbonyl (C=O) groups is 1. The Kier molecular flexibility index (Phi) is 7.58. The second-order valence-corrected chi connectivity index (χ2v) is 7.66. The first-order chi connectivity index (χ1) is 14.9. The minimum absolute atomic E-state index is 0.192. The van der Waals surface area contributed by atoms with E-state index in [1.165, 1.54) is 13.2 Å². The van der Waals surface area contributed by atoms with E-state index in [2.05, 4.69) is 10.3 Å². The van der Waals surface area contributed by atoms with E-state index in [4.69, 9.17) is 45.3 Å². The molecule has 3 aromatic rings. The number of nitrogens with two attached hydrogens (primary N) is 1. The number of rotatable bonds is 6. The van der Waals surface area contributed by atoms with Crippen LogP contribution < -0.4 is 15.8 Å². The maximum absolute atomic E-state index is 12.3. The topological polar surface area (TPSA) is 76.7 Å². The van der Waals surface area contributed by atoms with E-state index in [1.807, 2.05) is 18.2 Å². The summed E-state index contributed by atoms with van der Waals surface area (Å²) < 4.78 is 5.31. The Morgan fingerprint density at radius 2 is 1.81 bits per heavy atom. The number of halogens is 3. The molecular formula is C23H18Cl3N3O2. The van der Waals surface area contributed by atoms with E-state index in [0.717, 1.165) is 5.56 Å². The molecular weight excluding hydrogens is 457 g/mol. The Bertz CT molecular complexity index is 1180. The number of ether oxygens (including phenoxy) is 1. The highest BCUT2D eigenvalue weighted by Gasteiger charge is 2.09. The van der Waals surface area contributed by atoms with Crippen molar-refractivity contribution in [1.29, 1.82) is 0 Å². The summed E-state index contributed by atoms with van der Waals surface area (Å²) in [6.07, 6.45) is 3.01. The Morgan fingerprint density at radius 3 is 2.55 bits per heavy atom. The van der Waals surface area contributed by atoms with Gasteiger partial charge >= 0.3 is 0 Å². The van der Waals surface area contributed by atoms with E-state index >= 15 is 0 Å². The number of hydrogen-bond acceptors (Lipinski definition) is 3. The van der Waals surface area contributed by atoms with E-state index in [1.54, 1.807) is 48.5 Å². The lowest BCUT2D eigenvalue weighted by Crippen LogP contribution is -2.14. The van der Waals surface area contributed by atoms with Crippen LogP contribution >= 0.6 is 34.8 Å². The Balaban J connectivity index is 1.82. The van der Waals surface area contributed by atoms with Gasteiger partial charge in [-0.15, -0.1) is 0 Å². The highest BCUT2D eigenvalue weighted by atomic mass is 35.5. The lowest BCUT2D eigenvalue weighted by atomic mass is 10.2. The van der Waals surface area contributed by atoms with Crippen LogP contribution in [0.2, 0.25) is 15.1 Å². The van der Waals surface area contributed by atoms with Crippen LogP contribution in [0.15, 0.2) is 71.7 Å². The summed E-state index contributed by atoms with van der Waals surface area (Å²) in [7, 11) is 1.53. The lowest BCUT2D eigenvalue weighted by Gasteiger charge is -2.09. The molecule has 3 N–H and O–H groups in total. The number of benzene rings is 3. The summed E-state index contributed by atoms with van der Waals surface area (Å²) in [5.41, 5.74) is 8.36. The van der Waals surface area contributed by atoms with Gasteiger partial charge in [0.1, 0.15) is 11.6 Å². The summed E-state index contributed by atoms with van der Waals surface area (Å²) in [5.74, 6) is 0.380. The molecule has 3 aromatic carbocycles. The molecule has 0 aliphatic rings. The van der Waals surface area contributed by atoms with Gasteiger partial charge in [0.25, 0.3) is 0 Å². The minimum Gasteiger partial charge on any atom is -0.496 e. The molecule has 0 fully saturated rings. The molecule has 0 unspecified atom stereocenters. The van der Waals surface area contributed by atoms with E-state index in [9.17, 15) is 4.79 Å². The van der Waals surface area contributed by atoms with Crippen LogP contribution in [-0.2, 0) is 4.79 Å². The van der Waals surface area contributed by atoms with Crippen LogP contribution in [0, 0.1) is 0 Å². The zero-order chi connectivity index (χ0) is 22.4. The van der Waals surface area contributed by atoms with Gasteiger partial charge < -0.3 is 15.8 Å². The molecule has 0 atom stereocenters. The number of hydrogen-bond donors (Lipinski definition) is 2. The summed E-state index contributed by atoms with van der Waals surface area (Å²) >= 11 is 18.4. The third-order valence-corrected chi connectivity index (χ3v) is 4.95. The van der Waals surface area contributed by atoms with Crippen molar-refractivity contribution in [2.45, 2.75) is 0 Å². The van der Waals surface area contributed by atoms with Gasteiger partial charge in [-0.05, 0) is 54.1 Å². The molecule has 0 spiro atoms. The monoisotopic (exact) mass is 473 g/mol. The first-order valence-electron chi connectivity index (χ1n) is 9.08. The number of amides is 1. The number of aliphatic imine (C=N–C) groups is 1. The molecule has 0 aliphatic carbocycles. The molecule has 8 heteroatoms. The highest BCUT2D eigenvalue weighted by Crippen LogP contribution is 2.27. The fourth-order valence-electron chi connectivity index (χ4n) is 2.75. The standard InChI is InChI=1S/C23H18Cl3N3O2/c1-31-21-8-7-15(24)12-19(21)23(27)29-18-11-16(25)10-17(13-18)28-22(30)9-6-14-4-2-3-5-20(14)26/h2-13H,1H3,(H2,27,29)(H,28,30). The van der Waals surface area contributed by atoms with E-state index in [-0.39, 0.29) is 11.7 Å². The van der Waals surface area contributed by atoms with Crippen molar-refractivity contribution in [3.05, 3.63) is 92.9 Å². The molecule has 5 nitrogen and oxygen atoms in total. The second kappa shape index (κ2) is 10.4. The predicted octanol–water partition coefficient (Wildman–Crippen LogP) is 6.34. The van der Waals surface area contributed by atoms with Crippen LogP contribution in [0.1, 0.15) is 11.1 Å². The zero-order valence-electron chi connectivity index (χ0n) is 16.4. The first-order valence-corrected chi connectivity index (χ1v) is 10.2. The Labute approximate surface area is 195 Å². The molecule has 3 rings (SSSR count). The quantitative estimate of drug-likeness (QED) is 0.248. The largest absolute Gasteiger partial charge is 0.496 e. The molecule has 0 saturated heterocycles. The number of nitrogens with zero attached hydrogens (tertiary/aromatic N) is 1. The van der Waals surface area contributed by atoms with Crippen molar-refractivity contribution in [3.63, 3.8) is 0 Å². The van der Waals surface area contributed by atoms with Crippen molar-refractivity contribution in [3.8, 4) is 5.75 Å². The maximum Gasteiger partial charge on any atom is 0.248 e. The van der Waals surface area contributed by atoms with Crippen LogP contribution in [-0.4, -0.2) is 18.9 Å². The SMILES string of the molecule is COc1ccc(Cl)cc1C(N)=Nc1cc(Cl)cc(NC(=O)C=Cc2ccccc2Cl)c1. The fourth-order valence-corrected chi connectivity index (χ4v) is 3.35. The maximum atomic E-state index is 12.3. The van der Waals surface area contributed by atoms with Crippen molar-refractivity contribution in [1.82, 2.24) is 0 Å². The lowest BCUT2D eigenvalue weighted by molar-refractivity contribution is -0.111. The van der Waals surface area contributed by atoms with Gasteiger partial charge in [0, 0.05) is 26.8 Å². The number of nitrogens with one attached hydrogen (secondary N) is 1. The molecule has 0 saturated carbocycles. The third kappa shape index (κ3) is 6.25. The molecule has 0 heterocycles. The van der Waals surface area contributed by atoms with Crippen LogP contribution in [0.25, 0.3) is 6.08 Å². The third-order valence-electron chi connectivity index (χ3n) is 4.16. The van der Waals surface area contributed by atoms with Crippen molar-refractivity contribution < 1.29 is 9.53 Å². The first kappa shape index (κ1) is 22.7. The number of carbonyl (C=O) groups excluding carboxylic acids is 1. The van der Waals surface area contributed by atoms with Gasteiger partial charge in [0.05, 0.1) is 18.4 Å². The average Bonchev–Trinajstić information content (AvgIpc) is 2.72. The normalized spacial score (nSPS) is 11.5. The van der Waals surface area contributed by atoms with Gasteiger partial charge in [-0.25, -0.2) is 4.99 Å². The smallest absolute Gasteiger partial charge is 0.248 e. The molecule has 0 bridgehead atoms. The summed E-state index contributed by atoms with van der Waals surface area (Å²) in [6, 6.07) is 17.2. The summed E-state index contributed by atoms with van der Waals surface area (Å²) in [4.78, 5) is 16.7. The Hall–Kier alpha value is -2.99. The molecule has 158 valence electrons. The molecule has 0 radical (unpaired) electrons. The van der Waals surface area contributed by atoms with Gasteiger partial charge in [0.2, 0.25) is 5.91 Å². The highest BCUT2D eigenvalue weighted by molar-refractivity contribution is 6.32. The predicted molar refractivity (Wildman–Crippen MR) is 129 cm³/mol. The van der Waals surface area contributed by atoms with Crippen LogP contribution in [0.5, 0.6) is 5.75 Å². The van der Waals surface area contributed by atoms with Gasteiger partial charge in [-0.1, -0.05) is 53.0 Å². The number of methoxy groups -OCH3 is 1. The minimum atomic E-state index is -0.346. The van der Waals surface area contributed by atoms with Crippen LogP contribution in [0.3, 0.4) is 0 Å². The Morgan fingerprint density at radius 1 is 1.03 bits per heavy atom. The fraction of sp³-hybridized carbons (Fsp3) is 0.0435. The van der Waals surface area contributed by atoms with Gasteiger partial charge in [-0.3, -0.25) is 4.79 Å². The van der Waals surface area contributed by atoms with Crippen LogP contribution in [0.4, 0.5) is 11.4 Å². The summed E-state index contributed by atoms with van der Waals surface area (Å²) in [5, 5.41) is 4.19. The van der Waals surface area contributed by atoms with Crippen molar-refractivity contribution in [2.24, 2.45) is 10.7 Å². The second-order valence-electron chi connectivity index (χ2n) is 6.38. The molecule has 1 amide bonds. The average molecular weight is 475 g/mol. The van der Waals surface area contributed by atoms with Gasteiger partial charge in [0.15, 0.2) is 0 Å². The molecule has 0 aromatic heterocycles. The zero-order valence-corrected chi connectivity index (χ0v) is 18.7. The van der Waals surface area contributed by atoms with Gasteiger partial charge in [-0.2, -0.15) is 0 Å².